The molecule has 0 atom stereocenters. The molecule has 0 aliphatic rings. The first-order valence-corrected chi connectivity index (χ1v) is 9.77. The highest BCUT2D eigenvalue weighted by atomic mass is 32.2. The molecule has 6 nitrogen and oxygen atoms in total. The Labute approximate surface area is 153 Å². The van der Waals surface area contributed by atoms with Crippen molar-refractivity contribution in [2.24, 2.45) is 0 Å². The van der Waals surface area contributed by atoms with E-state index in [1.165, 1.54) is 12.1 Å². The number of hydrogen-bond acceptors (Lipinski definition) is 4. The third-order valence-electron chi connectivity index (χ3n) is 3.23. The summed E-state index contributed by atoms with van der Waals surface area (Å²) in [6.07, 6.45) is 2.00. The van der Waals surface area contributed by atoms with E-state index in [9.17, 15) is 8.42 Å². The van der Waals surface area contributed by atoms with Gasteiger partial charge in [0, 0.05) is 5.69 Å². The first-order chi connectivity index (χ1) is 12.0. The maximum atomic E-state index is 12.3. The van der Waals surface area contributed by atoms with E-state index in [0.717, 1.165) is 18.5 Å². The fraction of sp³-hybridized carbons (Fsp3) is 0.235. The number of benzene rings is 2. The maximum absolute atomic E-state index is 12.3. The van der Waals surface area contributed by atoms with Crippen LogP contribution in [0.2, 0.25) is 0 Å². The lowest BCUT2D eigenvalue weighted by Crippen LogP contribution is -2.43. The van der Waals surface area contributed by atoms with Crippen LogP contribution >= 0.6 is 12.2 Å². The molecule has 0 aromatic heterocycles. The predicted molar refractivity (Wildman–Crippen MR) is 103 cm³/mol. The lowest BCUT2D eigenvalue weighted by atomic mass is 10.3. The molecule has 0 aliphatic heterocycles. The van der Waals surface area contributed by atoms with Crippen molar-refractivity contribution >= 4 is 33.0 Å². The van der Waals surface area contributed by atoms with Gasteiger partial charge in [-0.1, -0.05) is 31.5 Å². The van der Waals surface area contributed by atoms with Gasteiger partial charge in [0.05, 0.1) is 11.5 Å². The second-order valence-corrected chi connectivity index (χ2v) is 7.31. The van der Waals surface area contributed by atoms with Crippen molar-refractivity contribution in [1.82, 2.24) is 10.3 Å². The van der Waals surface area contributed by atoms with Crippen molar-refractivity contribution < 1.29 is 13.2 Å². The summed E-state index contributed by atoms with van der Waals surface area (Å²) < 4.78 is 30.0. The molecule has 2 aromatic rings. The van der Waals surface area contributed by atoms with Crippen LogP contribution in [0.15, 0.2) is 59.5 Å². The molecule has 0 fully saturated rings. The molecular weight excluding hydrogens is 358 g/mol. The van der Waals surface area contributed by atoms with Crippen molar-refractivity contribution in [2.45, 2.75) is 24.7 Å². The molecule has 0 heterocycles. The number of anilines is 1. The average molecular weight is 380 g/mol. The fourth-order valence-corrected chi connectivity index (χ4v) is 2.99. The van der Waals surface area contributed by atoms with Gasteiger partial charge in [0.25, 0.3) is 10.0 Å². The molecule has 25 heavy (non-hydrogen) atoms. The van der Waals surface area contributed by atoms with Crippen LogP contribution < -0.4 is 20.3 Å². The van der Waals surface area contributed by atoms with Gasteiger partial charge in [0.15, 0.2) is 5.11 Å². The lowest BCUT2D eigenvalue weighted by molar-refractivity contribution is 0.309. The highest BCUT2D eigenvalue weighted by Gasteiger charge is 2.14. The third-order valence-corrected chi connectivity index (χ3v) is 4.70. The van der Waals surface area contributed by atoms with Gasteiger partial charge in [0.2, 0.25) is 0 Å². The molecular formula is C17H21N3O3S2. The van der Waals surface area contributed by atoms with Crippen LogP contribution in [0.25, 0.3) is 0 Å². The number of nitrogens with one attached hydrogen (secondary N) is 3. The van der Waals surface area contributed by atoms with Crippen LogP contribution in [0, 0.1) is 0 Å². The first kappa shape index (κ1) is 19.2. The topological polar surface area (TPSA) is 79.5 Å². The molecule has 0 unspecified atom stereocenters. The van der Waals surface area contributed by atoms with Crippen molar-refractivity contribution in [2.75, 3.05) is 11.9 Å². The van der Waals surface area contributed by atoms with E-state index >= 15 is 0 Å². The molecule has 0 bridgehead atoms. The summed E-state index contributed by atoms with van der Waals surface area (Å²) in [5.74, 6) is 0.640. The number of ether oxygens (including phenoxy) is 1. The summed E-state index contributed by atoms with van der Waals surface area (Å²) in [7, 11) is -3.73. The summed E-state index contributed by atoms with van der Waals surface area (Å²) in [6.45, 7) is 2.69. The van der Waals surface area contributed by atoms with E-state index in [4.69, 9.17) is 17.0 Å². The summed E-state index contributed by atoms with van der Waals surface area (Å²) >= 11 is 5.06. The van der Waals surface area contributed by atoms with E-state index in [-0.39, 0.29) is 10.0 Å². The molecule has 0 aliphatic carbocycles. The predicted octanol–water partition coefficient (Wildman–Crippen LogP) is 3.05. The van der Waals surface area contributed by atoms with Crippen LogP contribution in [-0.4, -0.2) is 20.1 Å². The van der Waals surface area contributed by atoms with Gasteiger partial charge in [-0.2, -0.15) is 0 Å². The van der Waals surface area contributed by atoms with Crippen LogP contribution in [-0.2, 0) is 10.0 Å². The molecule has 134 valence electrons. The molecule has 3 N–H and O–H groups in total. The van der Waals surface area contributed by atoms with Gasteiger partial charge in [-0.15, -0.1) is 4.83 Å². The van der Waals surface area contributed by atoms with Crippen LogP contribution in [0.5, 0.6) is 5.75 Å². The second-order valence-electron chi connectivity index (χ2n) is 5.22. The Morgan fingerprint density at radius 1 is 1.08 bits per heavy atom. The van der Waals surface area contributed by atoms with Gasteiger partial charge in [-0.05, 0) is 55.0 Å². The number of thiocarbonyl (C=S) groups is 1. The zero-order chi connectivity index (χ0) is 18.1. The minimum Gasteiger partial charge on any atom is -0.494 e. The highest BCUT2D eigenvalue weighted by Crippen LogP contribution is 2.16. The molecule has 8 heteroatoms. The Kier molecular flexibility index (Phi) is 7.17. The highest BCUT2D eigenvalue weighted by molar-refractivity contribution is 7.89. The van der Waals surface area contributed by atoms with E-state index in [1.807, 2.05) is 30.3 Å². The number of hydrogen-bond donors (Lipinski definition) is 3. The average Bonchev–Trinajstić information content (AvgIpc) is 2.62. The molecule has 0 amide bonds. The Balaban J connectivity index is 1.89. The number of para-hydroxylation sites is 1. The first-order valence-electron chi connectivity index (χ1n) is 7.88. The van der Waals surface area contributed by atoms with Crippen molar-refractivity contribution in [3.05, 3.63) is 54.6 Å². The quantitative estimate of drug-likeness (QED) is 0.372. The molecule has 2 rings (SSSR count). The molecule has 0 saturated heterocycles. The number of sulfonamides is 1. The SMILES string of the molecule is CCCCOc1ccc(S(=O)(=O)NNC(=S)Nc2ccccc2)cc1. The van der Waals surface area contributed by atoms with Crippen molar-refractivity contribution in [3.8, 4) is 5.75 Å². The third kappa shape index (κ3) is 6.33. The maximum Gasteiger partial charge on any atom is 0.257 e. The molecule has 0 spiro atoms. The Hall–Kier alpha value is -2.16. The molecule has 2 aromatic carbocycles. The Morgan fingerprint density at radius 2 is 1.76 bits per heavy atom. The van der Waals surface area contributed by atoms with Crippen LogP contribution in [0.4, 0.5) is 5.69 Å². The number of rotatable bonds is 8. The zero-order valence-electron chi connectivity index (χ0n) is 13.9. The summed E-state index contributed by atoms with van der Waals surface area (Å²) in [6, 6.07) is 15.4. The smallest absolute Gasteiger partial charge is 0.257 e. The Morgan fingerprint density at radius 3 is 2.40 bits per heavy atom. The normalized spacial score (nSPS) is 10.9. The zero-order valence-corrected chi connectivity index (χ0v) is 15.5. The fourth-order valence-electron chi connectivity index (χ4n) is 1.91. The monoisotopic (exact) mass is 379 g/mol. The number of unbranched alkanes of at least 4 members (excludes halogenated alkanes) is 1. The minimum absolute atomic E-state index is 0.116. The summed E-state index contributed by atoms with van der Waals surface area (Å²) in [5.41, 5.74) is 3.23. The summed E-state index contributed by atoms with van der Waals surface area (Å²) in [5, 5.41) is 3.02. The lowest BCUT2D eigenvalue weighted by Gasteiger charge is -2.12. The summed E-state index contributed by atoms with van der Waals surface area (Å²) in [4.78, 5) is 2.36. The van der Waals surface area contributed by atoms with Gasteiger partial charge < -0.3 is 10.1 Å². The number of hydrazine groups is 1. The largest absolute Gasteiger partial charge is 0.494 e. The van der Waals surface area contributed by atoms with E-state index < -0.39 is 10.0 Å². The minimum atomic E-state index is -3.73. The van der Waals surface area contributed by atoms with Crippen molar-refractivity contribution in [3.63, 3.8) is 0 Å². The van der Waals surface area contributed by atoms with Gasteiger partial charge in [-0.25, -0.2) is 8.42 Å². The Bertz CT molecular complexity index is 779. The van der Waals surface area contributed by atoms with Gasteiger partial charge in [0.1, 0.15) is 5.75 Å². The van der Waals surface area contributed by atoms with Gasteiger partial charge >= 0.3 is 0 Å². The van der Waals surface area contributed by atoms with E-state index in [1.54, 1.807) is 12.1 Å². The van der Waals surface area contributed by atoms with Gasteiger partial charge in [-0.3, -0.25) is 5.43 Å². The molecule has 0 saturated carbocycles. The van der Waals surface area contributed by atoms with Crippen LogP contribution in [0.1, 0.15) is 19.8 Å². The standard InChI is InChI=1S/C17H21N3O3S2/c1-2-3-13-23-15-9-11-16(12-10-15)25(21,22)20-19-17(24)18-14-7-5-4-6-8-14/h4-12,20H,2-3,13H2,1H3,(H2,18,19,24). The van der Waals surface area contributed by atoms with Crippen LogP contribution in [0.3, 0.4) is 0 Å². The molecule has 0 radical (unpaired) electrons. The van der Waals surface area contributed by atoms with E-state index in [2.05, 4.69) is 22.5 Å². The van der Waals surface area contributed by atoms with Crippen molar-refractivity contribution in [1.29, 1.82) is 0 Å². The van der Waals surface area contributed by atoms with E-state index in [0.29, 0.717) is 12.4 Å². The second kappa shape index (κ2) is 9.36.